The molecule has 0 unspecified atom stereocenters. The zero-order valence-electron chi connectivity index (χ0n) is 13.7. The predicted octanol–water partition coefficient (Wildman–Crippen LogP) is 1.56. The van der Waals surface area contributed by atoms with Crippen molar-refractivity contribution in [3.63, 3.8) is 0 Å². The van der Waals surface area contributed by atoms with E-state index in [-0.39, 0.29) is 4.90 Å². The van der Waals surface area contributed by atoms with Crippen molar-refractivity contribution in [2.24, 2.45) is 0 Å². The minimum absolute atomic E-state index is 0.278. The molecule has 1 aromatic rings. The fourth-order valence-corrected chi connectivity index (χ4v) is 4.35. The molecule has 0 radical (unpaired) electrons. The van der Waals surface area contributed by atoms with E-state index >= 15 is 0 Å². The lowest BCUT2D eigenvalue weighted by Crippen LogP contribution is -2.50. The molecule has 2 aliphatic heterocycles. The first-order valence-corrected chi connectivity index (χ1v) is 9.56. The molecule has 128 valence electrons. The summed E-state index contributed by atoms with van der Waals surface area (Å²) in [4.78, 5) is 2.57. The Kier molecular flexibility index (Phi) is 4.79. The van der Waals surface area contributed by atoms with Gasteiger partial charge in [-0.1, -0.05) is 0 Å². The van der Waals surface area contributed by atoms with Gasteiger partial charge in [0.2, 0.25) is 10.0 Å². The molecule has 0 bridgehead atoms. The van der Waals surface area contributed by atoms with Crippen molar-refractivity contribution in [3.8, 4) is 11.5 Å². The van der Waals surface area contributed by atoms with E-state index in [1.54, 1.807) is 22.5 Å². The Morgan fingerprint density at radius 2 is 1.65 bits per heavy atom. The van der Waals surface area contributed by atoms with Crippen molar-refractivity contribution in [3.05, 3.63) is 18.2 Å². The van der Waals surface area contributed by atoms with Crippen LogP contribution < -0.4 is 9.47 Å². The molecule has 2 aliphatic rings. The maximum atomic E-state index is 12.8. The molecule has 0 atom stereocenters. The number of sulfonamides is 1. The third-order valence-electron chi connectivity index (χ3n) is 4.36. The molecule has 7 heteroatoms. The average Bonchev–Trinajstić information content (AvgIpc) is 2.79. The quantitative estimate of drug-likeness (QED) is 0.836. The van der Waals surface area contributed by atoms with Gasteiger partial charge in [-0.3, -0.25) is 4.90 Å². The molecule has 23 heavy (non-hydrogen) atoms. The molecule has 2 heterocycles. The summed E-state index contributed by atoms with van der Waals surface area (Å²) in [5.74, 6) is 1.13. The Balaban J connectivity index is 1.79. The molecule has 1 aromatic carbocycles. The highest BCUT2D eigenvalue weighted by Crippen LogP contribution is 2.33. The van der Waals surface area contributed by atoms with Gasteiger partial charge in [-0.05, 0) is 26.0 Å². The number of ether oxygens (including phenoxy) is 2. The molecule has 0 saturated carbocycles. The molecule has 3 rings (SSSR count). The van der Waals surface area contributed by atoms with Crippen LogP contribution in [0.15, 0.2) is 23.1 Å². The second-order valence-electron chi connectivity index (χ2n) is 6.19. The van der Waals surface area contributed by atoms with E-state index in [0.717, 1.165) is 19.5 Å². The minimum atomic E-state index is -3.49. The fraction of sp³-hybridized carbons (Fsp3) is 0.625. The smallest absolute Gasteiger partial charge is 0.243 e. The number of piperazine rings is 1. The Labute approximate surface area is 138 Å². The summed E-state index contributed by atoms with van der Waals surface area (Å²) in [6.07, 6.45) is 0.800. The topological polar surface area (TPSA) is 59.1 Å². The van der Waals surface area contributed by atoms with Gasteiger partial charge in [-0.25, -0.2) is 8.42 Å². The maximum Gasteiger partial charge on any atom is 0.243 e. The fourth-order valence-electron chi connectivity index (χ4n) is 2.91. The van der Waals surface area contributed by atoms with Gasteiger partial charge in [-0.15, -0.1) is 0 Å². The molecule has 6 nitrogen and oxygen atoms in total. The molecular weight excluding hydrogens is 316 g/mol. The van der Waals surface area contributed by atoms with Gasteiger partial charge in [0.25, 0.3) is 0 Å². The van der Waals surface area contributed by atoms with E-state index in [4.69, 9.17) is 9.47 Å². The first-order chi connectivity index (χ1) is 11.0. The van der Waals surface area contributed by atoms with Crippen LogP contribution in [0, 0.1) is 0 Å². The third-order valence-corrected chi connectivity index (χ3v) is 6.25. The maximum absolute atomic E-state index is 12.8. The number of hydrogen-bond donors (Lipinski definition) is 0. The third kappa shape index (κ3) is 3.46. The Morgan fingerprint density at radius 3 is 2.30 bits per heavy atom. The Bertz CT molecular complexity index is 652. The molecule has 0 amide bonds. The summed E-state index contributed by atoms with van der Waals surface area (Å²) >= 11 is 0. The highest BCUT2D eigenvalue weighted by Gasteiger charge is 2.30. The molecule has 1 fully saturated rings. The number of hydrogen-bond acceptors (Lipinski definition) is 5. The summed E-state index contributed by atoms with van der Waals surface area (Å²) in [6, 6.07) is 5.33. The van der Waals surface area contributed by atoms with Crippen LogP contribution in [0.3, 0.4) is 0 Å². The first-order valence-electron chi connectivity index (χ1n) is 8.12. The van der Waals surface area contributed by atoms with Crippen LogP contribution in [0.5, 0.6) is 11.5 Å². The summed E-state index contributed by atoms with van der Waals surface area (Å²) in [6.45, 7) is 7.98. The van der Waals surface area contributed by atoms with Crippen LogP contribution in [-0.2, 0) is 10.0 Å². The van der Waals surface area contributed by atoms with Gasteiger partial charge < -0.3 is 9.47 Å². The van der Waals surface area contributed by atoms with Crippen molar-refractivity contribution < 1.29 is 17.9 Å². The van der Waals surface area contributed by atoms with Gasteiger partial charge in [-0.2, -0.15) is 4.31 Å². The SMILES string of the molecule is CC(C)N1CCN(S(=O)(=O)c2ccc3c(c2)OCCCO3)CC1. The van der Waals surface area contributed by atoms with Crippen LogP contribution in [0.1, 0.15) is 20.3 Å². The van der Waals surface area contributed by atoms with E-state index in [1.807, 2.05) is 0 Å². The number of benzene rings is 1. The average molecular weight is 340 g/mol. The van der Waals surface area contributed by atoms with Gasteiger partial charge in [0.05, 0.1) is 18.1 Å². The number of nitrogens with zero attached hydrogens (tertiary/aromatic N) is 2. The van der Waals surface area contributed by atoms with Crippen molar-refractivity contribution in [2.75, 3.05) is 39.4 Å². The first kappa shape index (κ1) is 16.5. The van der Waals surface area contributed by atoms with Crippen molar-refractivity contribution in [2.45, 2.75) is 31.2 Å². The van der Waals surface area contributed by atoms with Gasteiger partial charge in [0.1, 0.15) is 0 Å². The second kappa shape index (κ2) is 6.67. The monoisotopic (exact) mass is 340 g/mol. The van der Waals surface area contributed by atoms with Crippen LogP contribution in [-0.4, -0.2) is 63.1 Å². The van der Waals surface area contributed by atoms with E-state index in [9.17, 15) is 8.42 Å². The normalized spacial score (nSPS) is 20.5. The molecular formula is C16H24N2O4S. The lowest BCUT2D eigenvalue weighted by atomic mass is 10.3. The lowest BCUT2D eigenvalue weighted by Gasteiger charge is -2.36. The van der Waals surface area contributed by atoms with Crippen molar-refractivity contribution in [1.29, 1.82) is 0 Å². The van der Waals surface area contributed by atoms with Crippen LogP contribution in [0.25, 0.3) is 0 Å². The lowest BCUT2D eigenvalue weighted by molar-refractivity contribution is 0.154. The summed E-state index contributed by atoms with van der Waals surface area (Å²) in [5.41, 5.74) is 0. The van der Waals surface area contributed by atoms with E-state index in [2.05, 4.69) is 18.7 Å². The van der Waals surface area contributed by atoms with Crippen molar-refractivity contribution >= 4 is 10.0 Å². The highest BCUT2D eigenvalue weighted by molar-refractivity contribution is 7.89. The highest BCUT2D eigenvalue weighted by atomic mass is 32.2. The van der Waals surface area contributed by atoms with Gasteiger partial charge >= 0.3 is 0 Å². The van der Waals surface area contributed by atoms with Crippen LogP contribution in [0.4, 0.5) is 0 Å². The minimum Gasteiger partial charge on any atom is -0.490 e. The molecule has 1 saturated heterocycles. The molecule has 0 spiro atoms. The van der Waals surface area contributed by atoms with Crippen LogP contribution >= 0.6 is 0 Å². The number of fused-ring (bicyclic) bond motifs is 1. The zero-order valence-corrected chi connectivity index (χ0v) is 14.5. The van der Waals surface area contributed by atoms with Gasteiger partial charge in [0.15, 0.2) is 11.5 Å². The predicted molar refractivity (Wildman–Crippen MR) is 87.5 cm³/mol. The Morgan fingerprint density at radius 1 is 1.00 bits per heavy atom. The van der Waals surface area contributed by atoms with Crippen LogP contribution in [0.2, 0.25) is 0 Å². The number of rotatable bonds is 3. The second-order valence-corrected chi connectivity index (χ2v) is 8.13. The molecule has 0 aromatic heterocycles. The largest absolute Gasteiger partial charge is 0.490 e. The zero-order chi connectivity index (χ0) is 16.4. The molecule has 0 N–H and O–H groups in total. The summed E-state index contributed by atoms with van der Waals surface area (Å²) in [5, 5.41) is 0. The van der Waals surface area contributed by atoms with E-state index in [1.165, 1.54) is 0 Å². The molecule has 0 aliphatic carbocycles. The summed E-state index contributed by atoms with van der Waals surface area (Å²) < 4.78 is 38.4. The van der Waals surface area contributed by atoms with Crippen molar-refractivity contribution in [1.82, 2.24) is 9.21 Å². The van der Waals surface area contributed by atoms with E-state index < -0.39 is 10.0 Å². The van der Waals surface area contributed by atoms with E-state index in [0.29, 0.717) is 43.8 Å². The van der Waals surface area contributed by atoms with Gasteiger partial charge in [0, 0.05) is 44.7 Å². The summed E-state index contributed by atoms with van der Waals surface area (Å²) in [7, 11) is -3.49. The Hall–Kier alpha value is -1.31. The standard InChI is InChI=1S/C16H24N2O4S/c1-13(2)17-6-8-18(9-7-17)23(19,20)14-4-5-15-16(12-14)22-11-3-10-21-15/h4-5,12-13H,3,6-11H2,1-2H3.